The number of hydrogen-bond donors (Lipinski definition) is 1. The predicted molar refractivity (Wildman–Crippen MR) is 80.6 cm³/mol. The van der Waals surface area contributed by atoms with E-state index in [0.717, 1.165) is 6.41 Å². The molecule has 0 radical (unpaired) electrons. The lowest BCUT2D eigenvalue weighted by Gasteiger charge is -2.32. The molecule has 0 saturated carbocycles. The fourth-order valence-electron chi connectivity index (χ4n) is 2.28. The molecular weight excluding hydrogens is 306 g/mol. The number of benzene rings is 1. The summed E-state index contributed by atoms with van der Waals surface area (Å²) in [6.45, 7) is 3.21. The van der Waals surface area contributed by atoms with Crippen molar-refractivity contribution in [3.05, 3.63) is 29.8 Å². The second kappa shape index (κ2) is 6.89. The molecule has 0 aromatic heterocycles. The monoisotopic (exact) mass is 325 g/mol. The molecule has 1 fully saturated rings. The highest BCUT2D eigenvalue weighted by Crippen LogP contribution is 2.13. The molecule has 1 aromatic rings. The Morgan fingerprint density at radius 3 is 2.45 bits per heavy atom. The van der Waals surface area contributed by atoms with Gasteiger partial charge < -0.3 is 9.80 Å². The van der Waals surface area contributed by atoms with Crippen LogP contribution in [0.3, 0.4) is 0 Å². The number of piperazine rings is 1. The highest BCUT2D eigenvalue weighted by atomic mass is 32.2. The smallest absolute Gasteiger partial charge is 0.241 e. The average molecular weight is 325 g/mol. The van der Waals surface area contributed by atoms with E-state index in [4.69, 9.17) is 0 Å². The number of hydrogen-bond acceptors (Lipinski definition) is 4. The summed E-state index contributed by atoms with van der Waals surface area (Å²) in [5.74, 6) is -0.289. The molecule has 7 nitrogen and oxygen atoms in total. The Morgan fingerprint density at radius 1 is 1.23 bits per heavy atom. The van der Waals surface area contributed by atoms with Crippen molar-refractivity contribution in [3.63, 3.8) is 0 Å². The van der Waals surface area contributed by atoms with Crippen molar-refractivity contribution in [3.8, 4) is 0 Å². The molecule has 1 saturated heterocycles. The second-order valence-corrected chi connectivity index (χ2v) is 6.85. The van der Waals surface area contributed by atoms with Crippen molar-refractivity contribution >= 4 is 22.3 Å². The topological polar surface area (TPSA) is 86.8 Å². The summed E-state index contributed by atoms with van der Waals surface area (Å²) in [5.41, 5.74) is 0.627. The molecule has 1 aromatic carbocycles. The van der Waals surface area contributed by atoms with E-state index in [9.17, 15) is 18.0 Å². The number of aryl methyl sites for hydroxylation is 1. The third-order valence-corrected chi connectivity index (χ3v) is 5.17. The number of nitrogens with one attached hydrogen (secondary N) is 1. The van der Waals surface area contributed by atoms with Crippen LogP contribution >= 0.6 is 0 Å². The largest absolute Gasteiger partial charge is 0.342 e. The minimum absolute atomic E-state index is 0.175. The third-order valence-electron chi connectivity index (χ3n) is 3.61. The van der Waals surface area contributed by atoms with Gasteiger partial charge in [0, 0.05) is 26.2 Å². The number of sulfonamides is 1. The number of rotatable bonds is 5. The maximum Gasteiger partial charge on any atom is 0.241 e. The minimum atomic E-state index is -3.70. The van der Waals surface area contributed by atoms with E-state index in [2.05, 4.69) is 4.72 Å². The zero-order valence-electron chi connectivity index (χ0n) is 12.4. The molecule has 0 spiro atoms. The van der Waals surface area contributed by atoms with Gasteiger partial charge in [0.1, 0.15) is 0 Å². The van der Waals surface area contributed by atoms with Crippen molar-refractivity contribution in [1.82, 2.24) is 14.5 Å². The lowest BCUT2D eigenvalue weighted by Crippen LogP contribution is -2.50. The molecule has 1 heterocycles. The molecule has 2 rings (SSSR count). The van der Waals surface area contributed by atoms with Crippen molar-refractivity contribution in [2.75, 3.05) is 32.7 Å². The van der Waals surface area contributed by atoms with Crippen LogP contribution in [0.2, 0.25) is 0 Å². The van der Waals surface area contributed by atoms with Crippen LogP contribution in [0, 0.1) is 6.92 Å². The molecule has 0 aliphatic carbocycles. The Bertz CT molecular complexity index is 652. The highest BCUT2D eigenvalue weighted by Gasteiger charge is 2.22. The minimum Gasteiger partial charge on any atom is -0.342 e. The van der Waals surface area contributed by atoms with E-state index < -0.39 is 10.0 Å². The quantitative estimate of drug-likeness (QED) is 0.745. The zero-order valence-corrected chi connectivity index (χ0v) is 13.2. The first-order valence-electron chi connectivity index (χ1n) is 6.96. The van der Waals surface area contributed by atoms with Crippen LogP contribution in [0.1, 0.15) is 5.56 Å². The van der Waals surface area contributed by atoms with Crippen molar-refractivity contribution in [2.45, 2.75) is 11.8 Å². The number of carbonyl (C=O) groups is 2. The molecular formula is C14H19N3O4S. The van der Waals surface area contributed by atoms with Crippen molar-refractivity contribution < 1.29 is 18.0 Å². The molecule has 2 amide bonds. The SMILES string of the molecule is Cc1ccccc1S(=O)(=O)NCC(=O)N1CCN(C=O)CC1. The van der Waals surface area contributed by atoms with Gasteiger partial charge in [-0.2, -0.15) is 0 Å². The lowest BCUT2D eigenvalue weighted by molar-refractivity contribution is -0.134. The van der Waals surface area contributed by atoms with Crippen LogP contribution < -0.4 is 4.72 Å². The van der Waals surface area contributed by atoms with Gasteiger partial charge in [-0.3, -0.25) is 9.59 Å². The van der Waals surface area contributed by atoms with Gasteiger partial charge in [-0.15, -0.1) is 0 Å². The van der Waals surface area contributed by atoms with E-state index in [0.29, 0.717) is 31.7 Å². The molecule has 1 aliphatic heterocycles. The van der Waals surface area contributed by atoms with E-state index in [-0.39, 0.29) is 17.3 Å². The Hall–Kier alpha value is -1.93. The summed E-state index contributed by atoms with van der Waals surface area (Å²) in [6, 6.07) is 6.61. The summed E-state index contributed by atoms with van der Waals surface area (Å²) >= 11 is 0. The van der Waals surface area contributed by atoms with Crippen molar-refractivity contribution in [1.29, 1.82) is 0 Å². The summed E-state index contributed by atoms with van der Waals surface area (Å²) in [5, 5.41) is 0. The van der Waals surface area contributed by atoms with Crippen LogP contribution in [0.4, 0.5) is 0 Å². The molecule has 22 heavy (non-hydrogen) atoms. The Kier molecular flexibility index (Phi) is 5.15. The van der Waals surface area contributed by atoms with E-state index in [1.807, 2.05) is 0 Å². The van der Waals surface area contributed by atoms with Crippen LogP contribution in [-0.4, -0.2) is 63.3 Å². The van der Waals surface area contributed by atoms with Gasteiger partial charge in [0.05, 0.1) is 11.4 Å². The highest BCUT2D eigenvalue weighted by molar-refractivity contribution is 7.89. The Morgan fingerprint density at radius 2 is 1.86 bits per heavy atom. The lowest BCUT2D eigenvalue weighted by atomic mass is 10.2. The normalized spacial score (nSPS) is 15.7. The van der Waals surface area contributed by atoms with Gasteiger partial charge in [-0.05, 0) is 18.6 Å². The first-order chi connectivity index (χ1) is 10.4. The van der Waals surface area contributed by atoms with E-state index in [1.165, 1.54) is 6.07 Å². The van der Waals surface area contributed by atoms with E-state index >= 15 is 0 Å². The summed E-state index contributed by atoms with van der Waals surface area (Å²) < 4.78 is 26.7. The van der Waals surface area contributed by atoms with Gasteiger partial charge in [-0.25, -0.2) is 13.1 Å². The molecule has 0 atom stereocenters. The molecule has 0 unspecified atom stereocenters. The third kappa shape index (κ3) is 3.83. The standard InChI is InChI=1S/C14H19N3O4S/c1-12-4-2-3-5-13(12)22(20,21)15-10-14(19)17-8-6-16(11-18)7-9-17/h2-5,11,15H,6-10H2,1H3. The molecule has 120 valence electrons. The van der Waals surface area contributed by atoms with Crippen LogP contribution in [0.15, 0.2) is 29.2 Å². The average Bonchev–Trinajstić information content (AvgIpc) is 2.53. The maximum atomic E-state index is 12.2. The predicted octanol–water partition coefficient (Wildman–Crippen LogP) is -0.426. The molecule has 8 heteroatoms. The van der Waals surface area contributed by atoms with Crippen LogP contribution in [0.25, 0.3) is 0 Å². The van der Waals surface area contributed by atoms with Gasteiger partial charge in [0.15, 0.2) is 0 Å². The first kappa shape index (κ1) is 16.4. The zero-order chi connectivity index (χ0) is 16.2. The molecule has 1 aliphatic rings. The Labute approximate surface area is 129 Å². The first-order valence-corrected chi connectivity index (χ1v) is 8.45. The van der Waals surface area contributed by atoms with Gasteiger partial charge >= 0.3 is 0 Å². The van der Waals surface area contributed by atoms with Crippen LogP contribution in [0.5, 0.6) is 0 Å². The fourth-order valence-corrected chi connectivity index (χ4v) is 3.50. The second-order valence-electron chi connectivity index (χ2n) is 5.11. The Balaban J connectivity index is 1.94. The van der Waals surface area contributed by atoms with Crippen molar-refractivity contribution in [2.24, 2.45) is 0 Å². The summed E-state index contributed by atoms with van der Waals surface area (Å²) in [6.07, 6.45) is 0.753. The maximum absolute atomic E-state index is 12.2. The molecule has 0 bridgehead atoms. The number of amides is 2. The number of carbonyl (C=O) groups excluding carboxylic acids is 2. The van der Waals surface area contributed by atoms with Gasteiger partial charge in [-0.1, -0.05) is 18.2 Å². The summed E-state index contributed by atoms with van der Waals surface area (Å²) in [4.78, 5) is 26.0. The van der Waals surface area contributed by atoms with Crippen LogP contribution in [-0.2, 0) is 19.6 Å². The van der Waals surface area contributed by atoms with Gasteiger partial charge in [0.25, 0.3) is 0 Å². The number of nitrogens with zero attached hydrogens (tertiary/aromatic N) is 2. The molecule has 1 N–H and O–H groups in total. The van der Waals surface area contributed by atoms with Gasteiger partial charge in [0.2, 0.25) is 22.3 Å². The van der Waals surface area contributed by atoms with E-state index in [1.54, 1.807) is 34.9 Å². The summed E-state index contributed by atoms with van der Waals surface area (Å²) in [7, 11) is -3.70. The fraction of sp³-hybridized carbons (Fsp3) is 0.429.